The van der Waals surface area contributed by atoms with Crippen molar-refractivity contribution in [2.45, 2.75) is 32.0 Å². The van der Waals surface area contributed by atoms with Crippen molar-refractivity contribution in [1.29, 1.82) is 0 Å². The molecule has 7 heteroatoms. The summed E-state index contributed by atoms with van der Waals surface area (Å²) in [5.74, 6) is -0.561. The summed E-state index contributed by atoms with van der Waals surface area (Å²) in [6.07, 6.45) is -0.812. The molecule has 2 fully saturated rings. The van der Waals surface area contributed by atoms with Gasteiger partial charge in [0.15, 0.2) is 6.10 Å². The SMILES string of the molecule is CC(C)N1C(=O)CO[C@H](C(=O)N2CCNC(=O)C2)[C@H]1c1ccccc1. The van der Waals surface area contributed by atoms with Gasteiger partial charge in [0.1, 0.15) is 6.61 Å². The summed E-state index contributed by atoms with van der Waals surface area (Å²) >= 11 is 0. The van der Waals surface area contributed by atoms with E-state index in [0.717, 1.165) is 5.56 Å². The molecule has 2 heterocycles. The zero-order valence-corrected chi connectivity index (χ0v) is 14.5. The fraction of sp³-hybridized carbons (Fsp3) is 0.500. The number of benzene rings is 1. The Balaban J connectivity index is 1.93. The summed E-state index contributed by atoms with van der Waals surface area (Å²) in [5, 5.41) is 2.71. The van der Waals surface area contributed by atoms with Crippen LogP contribution in [0.15, 0.2) is 30.3 Å². The predicted molar refractivity (Wildman–Crippen MR) is 90.5 cm³/mol. The molecule has 0 spiro atoms. The van der Waals surface area contributed by atoms with E-state index < -0.39 is 12.1 Å². The molecule has 0 aromatic heterocycles. The molecule has 2 atom stereocenters. The number of ether oxygens (including phenoxy) is 1. The minimum absolute atomic E-state index is 0.0236. The Morgan fingerprint density at radius 3 is 2.60 bits per heavy atom. The minimum atomic E-state index is -0.812. The normalized spacial score (nSPS) is 24.4. The van der Waals surface area contributed by atoms with Gasteiger partial charge in [0.05, 0.1) is 12.6 Å². The number of hydrogen-bond acceptors (Lipinski definition) is 4. The maximum absolute atomic E-state index is 13.0. The lowest BCUT2D eigenvalue weighted by molar-refractivity contribution is -0.173. The van der Waals surface area contributed by atoms with Crippen LogP contribution in [-0.4, -0.2) is 65.9 Å². The molecular formula is C18H23N3O4. The summed E-state index contributed by atoms with van der Waals surface area (Å²) in [6, 6.07) is 8.86. The first-order chi connectivity index (χ1) is 12.0. The van der Waals surface area contributed by atoms with Gasteiger partial charge in [-0.3, -0.25) is 14.4 Å². The van der Waals surface area contributed by atoms with Crippen LogP contribution in [0.1, 0.15) is 25.5 Å². The van der Waals surface area contributed by atoms with Gasteiger partial charge >= 0.3 is 0 Å². The van der Waals surface area contributed by atoms with Crippen molar-refractivity contribution in [3.63, 3.8) is 0 Å². The highest BCUT2D eigenvalue weighted by Gasteiger charge is 2.44. The van der Waals surface area contributed by atoms with E-state index in [-0.39, 0.29) is 36.9 Å². The van der Waals surface area contributed by atoms with Crippen molar-refractivity contribution in [3.8, 4) is 0 Å². The molecule has 7 nitrogen and oxygen atoms in total. The number of nitrogens with one attached hydrogen (secondary N) is 1. The molecule has 1 aromatic carbocycles. The van der Waals surface area contributed by atoms with Crippen LogP contribution >= 0.6 is 0 Å². The molecule has 0 radical (unpaired) electrons. The second kappa shape index (κ2) is 7.23. The average molecular weight is 345 g/mol. The van der Waals surface area contributed by atoms with Gasteiger partial charge in [-0.05, 0) is 19.4 Å². The smallest absolute Gasteiger partial charge is 0.254 e. The first-order valence-corrected chi connectivity index (χ1v) is 8.52. The third kappa shape index (κ3) is 3.51. The van der Waals surface area contributed by atoms with Crippen LogP contribution in [0.25, 0.3) is 0 Å². The molecule has 2 aliphatic rings. The zero-order valence-electron chi connectivity index (χ0n) is 14.5. The molecule has 2 saturated heterocycles. The van der Waals surface area contributed by atoms with E-state index in [1.165, 1.54) is 4.90 Å². The van der Waals surface area contributed by atoms with Gasteiger partial charge in [0.25, 0.3) is 5.91 Å². The van der Waals surface area contributed by atoms with E-state index in [4.69, 9.17) is 4.74 Å². The van der Waals surface area contributed by atoms with E-state index in [0.29, 0.717) is 13.1 Å². The number of carbonyl (C=O) groups is 3. The molecule has 0 saturated carbocycles. The van der Waals surface area contributed by atoms with Crippen LogP contribution in [0.3, 0.4) is 0 Å². The van der Waals surface area contributed by atoms with Gasteiger partial charge in [0, 0.05) is 19.1 Å². The summed E-state index contributed by atoms with van der Waals surface area (Å²) in [4.78, 5) is 40.3. The first-order valence-electron chi connectivity index (χ1n) is 8.52. The predicted octanol–water partition coefficient (Wildman–Crippen LogP) is 0.322. The molecule has 1 N–H and O–H groups in total. The molecule has 25 heavy (non-hydrogen) atoms. The molecule has 1 aromatic rings. The van der Waals surface area contributed by atoms with Gasteiger partial charge in [0.2, 0.25) is 11.8 Å². The number of nitrogens with zero attached hydrogens (tertiary/aromatic N) is 2. The van der Waals surface area contributed by atoms with Crippen LogP contribution in [0, 0.1) is 0 Å². The quantitative estimate of drug-likeness (QED) is 0.856. The molecule has 134 valence electrons. The van der Waals surface area contributed by atoms with Crippen molar-refractivity contribution >= 4 is 17.7 Å². The van der Waals surface area contributed by atoms with E-state index in [2.05, 4.69) is 5.32 Å². The van der Waals surface area contributed by atoms with Gasteiger partial charge < -0.3 is 19.9 Å². The van der Waals surface area contributed by atoms with Crippen molar-refractivity contribution in [2.24, 2.45) is 0 Å². The van der Waals surface area contributed by atoms with Crippen molar-refractivity contribution in [1.82, 2.24) is 15.1 Å². The Morgan fingerprint density at radius 1 is 1.24 bits per heavy atom. The van der Waals surface area contributed by atoms with Crippen LogP contribution in [-0.2, 0) is 19.1 Å². The van der Waals surface area contributed by atoms with Crippen LogP contribution in [0.4, 0.5) is 0 Å². The number of piperazine rings is 1. The lowest BCUT2D eigenvalue weighted by Gasteiger charge is -2.44. The molecule has 2 aliphatic heterocycles. The second-order valence-electron chi connectivity index (χ2n) is 6.59. The highest BCUT2D eigenvalue weighted by atomic mass is 16.5. The summed E-state index contributed by atoms with van der Waals surface area (Å²) in [6.45, 7) is 4.62. The lowest BCUT2D eigenvalue weighted by atomic mass is 9.95. The summed E-state index contributed by atoms with van der Waals surface area (Å²) in [5.41, 5.74) is 0.851. The third-order valence-electron chi connectivity index (χ3n) is 4.55. The van der Waals surface area contributed by atoms with E-state index in [1.807, 2.05) is 44.2 Å². The number of carbonyl (C=O) groups excluding carboxylic acids is 3. The number of hydrogen-bond donors (Lipinski definition) is 1. The molecule has 0 unspecified atom stereocenters. The van der Waals surface area contributed by atoms with Crippen LogP contribution in [0.2, 0.25) is 0 Å². The molecule has 0 aliphatic carbocycles. The standard InChI is InChI=1S/C18H23N3O4/c1-12(2)21-15(23)11-25-17(16(21)13-6-4-3-5-7-13)18(24)20-9-8-19-14(22)10-20/h3-7,12,16-17H,8-11H2,1-2H3,(H,19,22)/t16-,17+/m1/s1. The van der Waals surface area contributed by atoms with Gasteiger partial charge in [-0.15, -0.1) is 0 Å². The molecule has 3 rings (SSSR count). The second-order valence-corrected chi connectivity index (χ2v) is 6.59. The Hall–Kier alpha value is -2.41. The fourth-order valence-corrected chi connectivity index (χ4v) is 3.44. The number of rotatable bonds is 3. The Kier molecular flexibility index (Phi) is 5.03. The van der Waals surface area contributed by atoms with E-state index >= 15 is 0 Å². The maximum Gasteiger partial charge on any atom is 0.254 e. The van der Waals surface area contributed by atoms with Gasteiger partial charge in [-0.25, -0.2) is 0 Å². The third-order valence-corrected chi connectivity index (χ3v) is 4.55. The highest BCUT2D eigenvalue weighted by molar-refractivity contribution is 5.90. The molecular weight excluding hydrogens is 322 g/mol. The minimum Gasteiger partial charge on any atom is -0.356 e. The lowest BCUT2D eigenvalue weighted by Crippen LogP contribution is -2.59. The molecule has 3 amide bonds. The number of amides is 3. The maximum atomic E-state index is 13.0. The largest absolute Gasteiger partial charge is 0.356 e. The van der Waals surface area contributed by atoms with Gasteiger partial charge in [-0.2, -0.15) is 0 Å². The summed E-state index contributed by atoms with van der Waals surface area (Å²) in [7, 11) is 0. The van der Waals surface area contributed by atoms with E-state index in [9.17, 15) is 14.4 Å². The Labute approximate surface area is 146 Å². The van der Waals surface area contributed by atoms with Crippen LogP contribution < -0.4 is 5.32 Å². The van der Waals surface area contributed by atoms with E-state index in [1.54, 1.807) is 4.90 Å². The first kappa shape index (κ1) is 17.4. The Morgan fingerprint density at radius 2 is 1.96 bits per heavy atom. The Bertz CT molecular complexity index is 662. The topological polar surface area (TPSA) is 79.0 Å². The molecule has 0 bridgehead atoms. The highest BCUT2D eigenvalue weighted by Crippen LogP contribution is 2.33. The van der Waals surface area contributed by atoms with Gasteiger partial charge in [-0.1, -0.05) is 30.3 Å². The van der Waals surface area contributed by atoms with Crippen molar-refractivity contribution in [2.75, 3.05) is 26.2 Å². The van der Waals surface area contributed by atoms with Crippen molar-refractivity contribution < 1.29 is 19.1 Å². The average Bonchev–Trinajstić information content (AvgIpc) is 2.61. The number of morpholine rings is 1. The van der Waals surface area contributed by atoms with Crippen LogP contribution in [0.5, 0.6) is 0 Å². The summed E-state index contributed by atoms with van der Waals surface area (Å²) < 4.78 is 5.67. The fourth-order valence-electron chi connectivity index (χ4n) is 3.44. The van der Waals surface area contributed by atoms with Crippen molar-refractivity contribution in [3.05, 3.63) is 35.9 Å². The zero-order chi connectivity index (χ0) is 18.0. The monoisotopic (exact) mass is 345 g/mol.